The number of hydrogen-bond acceptors (Lipinski definition) is 4. The van der Waals surface area contributed by atoms with E-state index in [2.05, 4.69) is 17.2 Å². The Morgan fingerprint density at radius 2 is 2.13 bits per heavy atom. The SMILES string of the molecule is O=C1CCC(N2Cc3c(C#CCCO)cccc3C2=O)C(=O)N1. The molecule has 1 aromatic carbocycles. The van der Waals surface area contributed by atoms with Crippen LogP contribution in [0, 0.1) is 11.8 Å². The monoisotopic (exact) mass is 312 g/mol. The van der Waals surface area contributed by atoms with Crippen LogP contribution in [0.25, 0.3) is 0 Å². The van der Waals surface area contributed by atoms with Crippen molar-refractivity contribution in [1.82, 2.24) is 10.2 Å². The molecule has 6 nitrogen and oxygen atoms in total. The Bertz CT molecular complexity index is 745. The number of hydrogen-bond donors (Lipinski definition) is 2. The van der Waals surface area contributed by atoms with Crippen molar-refractivity contribution in [2.75, 3.05) is 6.61 Å². The van der Waals surface area contributed by atoms with Crippen molar-refractivity contribution in [2.45, 2.75) is 31.8 Å². The number of aliphatic hydroxyl groups excluding tert-OH is 1. The zero-order chi connectivity index (χ0) is 16.4. The molecule has 0 bridgehead atoms. The molecule has 1 atom stereocenters. The zero-order valence-corrected chi connectivity index (χ0v) is 12.5. The fraction of sp³-hybridized carbons (Fsp3) is 0.353. The van der Waals surface area contributed by atoms with E-state index in [9.17, 15) is 14.4 Å². The predicted octanol–water partition coefficient (Wildman–Crippen LogP) is 0.182. The van der Waals surface area contributed by atoms with Crippen LogP contribution in [0.15, 0.2) is 18.2 Å². The lowest BCUT2D eigenvalue weighted by Gasteiger charge is -2.29. The summed E-state index contributed by atoms with van der Waals surface area (Å²) in [5, 5.41) is 11.1. The van der Waals surface area contributed by atoms with Crippen molar-refractivity contribution in [2.24, 2.45) is 0 Å². The molecule has 2 heterocycles. The van der Waals surface area contributed by atoms with E-state index in [1.807, 2.05) is 6.07 Å². The molecular weight excluding hydrogens is 296 g/mol. The maximum atomic E-state index is 12.6. The molecule has 23 heavy (non-hydrogen) atoms. The smallest absolute Gasteiger partial charge is 0.255 e. The van der Waals surface area contributed by atoms with Gasteiger partial charge < -0.3 is 10.0 Å². The number of aliphatic hydroxyl groups is 1. The van der Waals surface area contributed by atoms with Gasteiger partial charge in [-0.3, -0.25) is 19.7 Å². The molecule has 1 unspecified atom stereocenters. The molecular formula is C17H16N2O4. The summed E-state index contributed by atoms with van der Waals surface area (Å²) >= 11 is 0. The Morgan fingerprint density at radius 1 is 1.30 bits per heavy atom. The predicted molar refractivity (Wildman–Crippen MR) is 81.1 cm³/mol. The van der Waals surface area contributed by atoms with E-state index in [1.54, 1.807) is 12.1 Å². The van der Waals surface area contributed by atoms with Gasteiger partial charge in [0.05, 0.1) is 6.61 Å². The van der Waals surface area contributed by atoms with E-state index in [-0.39, 0.29) is 24.8 Å². The Balaban J connectivity index is 1.87. The third kappa shape index (κ3) is 2.83. The van der Waals surface area contributed by atoms with Gasteiger partial charge >= 0.3 is 0 Å². The quantitative estimate of drug-likeness (QED) is 0.602. The molecule has 3 rings (SSSR count). The first-order valence-corrected chi connectivity index (χ1v) is 7.48. The fourth-order valence-corrected chi connectivity index (χ4v) is 2.92. The van der Waals surface area contributed by atoms with Crippen molar-refractivity contribution in [3.63, 3.8) is 0 Å². The lowest BCUT2D eigenvalue weighted by Crippen LogP contribution is -2.52. The molecule has 2 aliphatic heterocycles. The first-order valence-electron chi connectivity index (χ1n) is 7.48. The van der Waals surface area contributed by atoms with E-state index >= 15 is 0 Å². The third-order valence-electron chi connectivity index (χ3n) is 4.04. The van der Waals surface area contributed by atoms with Crippen LogP contribution in [-0.4, -0.2) is 40.4 Å². The third-order valence-corrected chi connectivity index (χ3v) is 4.04. The summed E-state index contributed by atoms with van der Waals surface area (Å²) in [6.45, 7) is 0.299. The number of benzene rings is 1. The highest BCUT2D eigenvalue weighted by Crippen LogP contribution is 2.29. The second-order valence-corrected chi connectivity index (χ2v) is 5.51. The zero-order valence-electron chi connectivity index (χ0n) is 12.5. The van der Waals surface area contributed by atoms with E-state index in [1.165, 1.54) is 4.90 Å². The van der Waals surface area contributed by atoms with Crippen LogP contribution in [0.4, 0.5) is 0 Å². The average Bonchev–Trinajstić information content (AvgIpc) is 2.86. The van der Waals surface area contributed by atoms with Crippen molar-refractivity contribution >= 4 is 17.7 Å². The number of nitrogens with zero attached hydrogens (tertiary/aromatic N) is 1. The van der Waals surface area contributed by atoms with Gasteiger partial charge in [0.15, 0.2) is 0 Å². The number of carbonyl (C=O) groups excluding carboxylic acids is 3. The van der Waals surface area contributed by atoms with Gasteiger partial charge in [-0.15, -0.1) is 0 Å². The molecule has 0 saturated carbocycles. The van der Waals surface area contributed by atoms with Gasteiger partial charge in [0, 0.05) is 30.5 Å². The summed E-state index contributed by atoms with van der Waals surface area (Å²) in [7, 11) is 0. The summed E-state index contributed by atoms with van der Waals surface area (Å²) < 4.78 is 0. The molecule has 0 aromatic heterocycles. The molecule has 0 aliphatic carbocycles. The van der Waals surface area contributed by atoms with Crippen LogP contribution >= 0.6 is 0 Å². The highest BCUT2D eigenvalue weighted by Gasteiger charge is 2.39. The number of carbonyl (C=O) groups is 3. The van der Waals surface area contributed by atoms with Gasteiger partial charge in [-0.25, -0.2) is 0 Å². The molecule has 1 fully saturated rings. The summed E-state index contributed by atoms with van der Waals surface area (Å²) in [6.07, 6.45) is 0.948. The number of fused-ring (bicyclic) bond motifs is 1. The highest BCUT2D eigenvalue weighted by atomic mass is 16.3. The molecule has 118 valence electrons. The van der Waals surface area contributed by atoms with Crippen molar-refractivity contribution < 1.29 is 19.5 Å². The second-order valence-electron chi connectivity index (χ2n) is 5.51. The van der Waals surface area contributed by atoms with Gasteiger partial charge in [-0.2, -0.15) is 0 Å². The van der Waals surface area contributed by atoms with E-state index < -0.39 is 11.9 Å². The highest BCUT2D eigenvalue weighted by molar-refractivity contribution is 6.05. The first kappa shape index (κ1) is 15.3. The summed E-state index contributed by atoms with van der Waals surface area (Å²) in [5.74, 6) is 4.89. The van der Waals surface area contributed by atoms with Crippen LogP contribution in [-0.2, 0) is 16.1 Å². The van der Waals surface area contributed by atoms with Crippen LogP contribution in [0.2, 0.25) is 0 Å². The number of amides is 3. The van der Waals surface area contributed by atoms with Crippen LogP contribution < -0.4 is 5.32 Å². The maximum Gasteiger partial charge on any atom is 0.255 e. The Labute approximate surface area is 133 Å². The topological polar surface area (TPSA) is 86.7 Å². The Morgan fingerprint density at radius 3 is 2.87 bits per heavy atom. The molecule has 2 N–H and O–H groups in total. The summed E-state index contributed by atoms with van der Waals surface area (Å²) in [6, 6.07) is 4.68. The number of nitrogens with one attached hydrogen (secondary N) is 1. The van der Waals surface area contributed by atoms with Gasteiger partial charge in [-0.05, 0) is 24.1 Å². The molecule has 1 aromatic rings. The van der Waals surface area contributed by atoms with E-state index in [0.29, 0.717) is 24.9 Å². The van der Waals surface area contributed by atoms with Gasteiger partial charge in [-0.1, -0.05) is 17.9 Å². The molecule has 1 saturated heterocycles. The van der Waals surface area contributed by atoms with Gasteiger partial charge in [0.1, 0.15) is 6.04 Å². The average molecular weight is 312 g/mol. The lowest BCUT2D eigenvalue weighted by molar-refractivity contribution is -0.136. The van der Waals surface area contributed by atoms with Gasteiger partial charge in [0.2, 0.25) is 11.8 Å². The second kappa shape index (κ2) is 6.23. The Kier molecular flexibility index (Phi) is 4.13. The lowest BCUT2D eigenvalue weighted by atomic mass is 10.0. The van der Waals surface area contributed by atoms with Gasteiger partial charge in [0.25, 0.3) is 5.91 Å². The molecule has 0 radical (unpaired) electrons. The first-order chi connectivity index (χ1) is 11.1. The van der Waals surface area contributed by atoms with E-state index in [0.717, 1.165) is 11.1 Å². The van der Waals surface area contributed by atoms with Crippen molar-refractivity contribution in [3.05, 3.63) is 34.9 Å². The standard InChI is InChI=1S/C17H16N2O4/c20-9-2-1-4-11-5-3-6-12-13(11)10-19(17(12)23)14-7-8-15(21)18-16(14)22/h3,5-6,14,20H,2,7-10H2,(H,18,21,22). The summed E-state index contributed by atoms with van der Waals surface area (Å²) in [5.41, 5.74) is 2.08. The normalized spacial score (nSPS) is 20.0. The van der Waals surface area contributed by atoms with Crippen LogP contribution in [0.1, 0.15) is 40.7 Å². The molecule has 3 amide bonds. The Hall–Kier alpha value is -2.65. The minimum Gasteiger partial charge on any atom is -0.395 e. The maximum absolute atomic E-state index is 12.6. The molecule has 2 aliphatic rings. The fourth-order valence-electron chi connectivity index (χ4n) is 2.92. The summed E-state index contributed by atoms with van der Waals surface area (Å²) in [4.78, 5) is 37.3. The minimum atomic E-state index is -0.620. The molecule has 0 spiro atoms. The van der Waals surface area contributed by atoms with Crippen molar-refractivity contribution in [1.29, 1.82) is 0 Å². The minimum absolute atomic E-state index is 0.0106. The van der Waals surface area contributed by atoms with Crippen LogP contribution in [0.3, 0.4) is 0 Å². The van der Waals surface area contributed by atoms with E-state index in [4.69, 9.17) is 5.11 Å². The largest absolute Gasteiger partial charge is 0.395 e. The number of imide groups is 1. The molecule has 6 heteroatoms. The number of piperidine rings is 1. The number of rotatable bonds is 2. The van der Waals surface area contributed by atoms with Crippen LogP contribution in [0.5, 0.6) is 0 Å². The van der Waals surface area contributed by atoms with Crippen molar-refractivity contribution in [3.8, 4) is 11.8 Å².